The van der Waals surface area contributed by atoms with Crippen LogP contribution >= 0.6 is 0 Å². The third-order valence-electron chi connectivity index (χ3n) is 5.78. The fourth-order valence-electron chi connectivity index (χ4n) is 3.95. The van der Waals surface area contributed by atoms with Crippen molar-refractivity contribution in [1.82, 2.24) is 4.72 Å². The van der Waals surface area contributed by atoms with E-state index in [4.69, 9.17) is 0 Å². The normalized spacial score (nSPS) is 19.7. The quantitative estimate of drug-likeness (QED) is 0.631. The minimum Gasteiger partial charge on any atom is -0.208 e. The standard InChI is InChI=1S/C23H39NO2S/c1-20(2)21-16-18-23(19-17-21)27(25,26)24-22-14-12-10-8-6-4-3-5-7-9-11-13-15-22/h16-20,22,24H,3-15H2,1-2H3. The highest BCUT2D eigenvalue weighted by atomic mass is 32.2. The summed E-state index contributed by atoms with van der Waals surface area (Å²) in [6.07, 6.45) is 16.0. The molecule has 0 unspecified atom stereocenters. The summed E-state index contributed by atoms with van der Waals surface area (Å²) in [6, 6.07) is 7.45. The van der Waals surface area contributed by atoms with E-state index in [1.807, 2.05) is 12.1 Å². The first kappa shape index (κ1) is 22.4. The van der Waals surface area contributed by atoms with Crippen LogP contribution in [-0.4, -0.2) is 14.5 Å². The summed E-state index contributed by atoms with van der Waals surface area (Å²) in [5.74, 6) is 0.411. The number of nitrogens with one attached hydrogen (secondary N) is 1. The van der Waals surface area contributed by atoms with Crippen LogP contribution in [0.4, 0.5) is 0 Å². The van der Waals surface area contributed by atoms with Gasteiger partial charge in [0.2, 0.25) is 10.0 Å². The molecule has 1 aliphatic rings. The second-order valence-electron chi connectivity index (χ2n) is 8.51. The van der Waals surface area contributed by atoms with Gasteiger partial charge in [0, 0.05) is 6.04 Å². The van der Waals surface area contributed by atoms with Gasteiger partial charge in [-0.1, -0.05) is 96.6 Å². The fourth-order valence-corrected chi connectivity index (χ4v) is 5.26. The first-order chi connectivity index (χ1) is 13.0. The van der Waals surface area contributed by atoms with Crippen molar-refractivity contribution in [2.75, 3.05) is 0 Å². The van der Waals surface area contributed by atoms with E-state index in [0.29, 0.717) is 10.8 Å². The van der Waals surface area contributed by atoms with Crippen molar-refractivity contribution in [2.24, 2.45) is 0 Å². The van der Waals surface area contributed by atoms with Crippen LogP contribution in [0.2, 0.25) is 0 Å². The van der Waals surface area contributed by atoms with Crippen molar-refractivity contribution < 1.29 is 8.42 Å². The smallest absolute Gasteiger partial charge is 0.208 e. The molecule has 0 radical (unpaired) electrons. The zero-order valence-corrected chi connectivity index (χ0v) is 18.2. The Hall–Kier alpha value is -0.870. The average Bonchev–Trinajstić information content (AvgIpc) is 2.64. The molecule has 1 fully saturated rings. The van der Waals surface area contributed by atoms with Crippen molar-refractivity contribution in [2.45, 2.75) is 114 Å². The van der Waals surface area contributed by atoms with Gasteiger partial charge in [0.25, 0.3) is 0 Å². The first-order valence-electron chi connectivity index (χ1n) is 11.1. The van der Waals surface area contributed by atoms with E-state index in [0.717, 1.165) is 25.7 Å². The van der Waals surface area contributed by atoms with E-state index < -0.39 is 10.0 Å². The van der Waals surface area contributed by atoms with Gasteiger partial charge >= 0.3 is 0 Å². The van der Waals surface area contributed by atoms with Crippen LogP contribution in [0.1, 0.15) is 109 Å². The lowest BCUT2D eigenvalue weighted by molar-refractivity contribution is 0.443. The minimum absolute atomic E-state index is 0.0720. The summed E-state index contributed by atoms with van der Waals surface area (Å²) in [5.41, 5.74) is 1.17. The summed E-state index contributed by atoms with van der Waals surface area (Å²) in [5, 5.41) is 0. The molecule has 0 saturated heterocycles. The molecule has 0 atom stereocenters. The molecule has 0 aliphatic heterocycles. The summed E-state index contributed by atoms with van der Waals surface area (Å²) in [6.45, 7) is 4.24. The van der Waals surface area contributed by atoms with E-state index in [-0.39, 0.29) is 6.04 Å². The Balaban J connectivity index is 1.96. The first-order valence-corrected chi connectivity index (χ1v) is 12.6. The van der Waals surface area contributed by atoms with Gasteiger partial charge in [0.05, 0.1) is 4.90 Å². The second kappa shape index (κ2) is 11.9. The summed E-state index contributed by atoms with van der Waals surface area (Å²) in [7, 11) is -3.43. The van der Waals surface area contributed by atoms with Crippen molar-refractivity contribution >= 4 is 10.0 Å². The molecule has 0 amide bonds. The highest BCUT2D eigenvalue weighted by molar-refractivity contribution is 7.89. The van der Waals surface area contributed by atoms with Crippen molar-refractivity contribution in [3.63, 3.8) is 0 Å². The molecule has 1 aliphatic carbocycles. The highest BCUT2D eigenvalue weighted by Gasteiger charge is 2.20. The molecule has 1 saturated carbocycles. The SMILES string of the molecule is CC(C)c1ccc(S(=O)(=O)NC2CCCCCCCCCCCCC2)cc1. The molecular weight excluding hydrogens is 354 g/mol. The number of rotatable bonds is 4. The van der Waals surface area contributed by atoms with Gasteiger partial charge in [-0.15, -0.1) is 0 Å². The Morgan fingerprint density at radius 1 is 0.741 bits per heavy atom. The molecular formula is C23H39NO2S. The van der Waals surface area contributed by atoms with E-state index in [2.05, 4.69) is 18.6 Å². The Morgan fingerprint density at radius 2 is 1.15 bits per heavy atom. The Bertz CT molecular complexity index is 608. The third-order valence-corrected chi connectivity index (χ3v) is 7.32. The zero-order valence-electron chi connectivity index (χ0n) is 17.4. The van der Waals surface area contributed by atoms with Crippen LogP contribution in [-0.2, 0) is 10.0 Å². The number of sulfonamides is 1. The lowest BCUT2D eigenvalue weighted by atomic mass is 9.99. The van der Waals surface area contributed by atoms with Crippen molar-refractivity contribution in [3.05, 3.63) is 29.8 Å². The maximum atomic E-state index is 12.8. The Kier molecular flexibility index (Phi) is 9.84. The summed E-state index contributed by atoms with van der Waals surface area (Å²) in [4.78, 5) is 0.395. The lowest BCUT2D eigenvalue weighted by Gasteiger charge is -2.19. The van der Waals surface area contributed by atoms with E-state index in [1.54, 1.807) is 12.1 Å². The maximum absolute atomic E-state index is 12.8. The van der Waals surface area contributed by atoms with Gasteiger partial charge in [-0.3, -0.25) is 0 Å². The molecule has 0 aromatic heterocycles. The van der Waals surface area contributed by atoms with E-state index in [9.17, 15) is 8.42 Å². The van der Waals surface area contributed by atoms with E-state index >= 15 is 0 Å². The molecule has 2 rings (SSSR count). The van der Waals surface area contributed by atoms with Gasteiger partial charge < -0.3 is 0 Å². The van der Waals surface area contributed by atoms with Crippen LogP contribution in [0.5, 0.6) is 0 Å². The Labute approximate surface area is 167 Å². The van der Waals surface area contributed by atoms with Gasteiger partial charge in [0.15, 0.2) is 0 Å². The van der Waals surface area contributed by atoms with Crippen LogP contribution < -0.4 is 4.72 Å². The third kappa shape index (κ3) is 8.35. The molecule has 27 heavy (non-hydrogen) atoms. The minimum atomic E-state index is -3.43. The molecule has 0 heterocycles. The number of hydrogen-bond donors (Lipinski definition) is 1. The molecule has 1 aromatic carbocycles. The highest BCUT2D eigenvalue weighted by Crippen LogP contribution is 2.20. The van der Waals surface area contributed by atoms with Gasteiger partial charge in [-0.2, -0.15) is 0 Å². The Morgan fingerprint density at radius 3 is 1.56 bits per heavy atom. The van der Waals surface area contributed by atoms with Crippen molar-refractivity contribution in [1.29, 1.82) is 0 Å². The molecule has 1 aromatic rings. The van der Waals surface area contributed by atoms with Gasteiger partial charge in [-0.05, 0) is 36.5 Å². The van der Waals surface area contributed by atoms with Gasteiger partial charge in [0.1, 0.15) is 0 Å². The molecule has 4 heteroatoms. The number of hydrogen-bond acceptors (Lipinski definition) is 2. The molecule has 0 bridgehead atoms. The predicted octanol–water partition coefficient (Wildman–Crippen LogP) is 6.54. The largest absolute Gasteiger partial charge is 0.240 e. The van der Waals surface area contributed by atoms with Gasteiger partial charge in [-0.25, -0.2) is 13.1 Å². The van der Waals surface area contributed by atoms with Crippen LogP contribution in [0.25, 0.3) is 0 Å². The monoisotopic (exact) mass is 393 g/mol. The van der Waals surface area contributed by atoms with Crippen molar-refractivity contribution in [3.8, 4) is 0 Å². The zero-order chi connectivity index (χ0) is 19.5. The van der Waals surface area contributed by atoms with Crippen LogP contribution in [0.15, 0.2) is 29.2 Å². The lowest BCUT2D eigenvalue weighted by Crippen LogP contribution is -2.35. The molecule has 1 N–H and O–H groups in total. The average molecular weight is 394 g/mol. The predicted molar refractivity (Wildman–Crippen MR) is 115 cm³/mol. The van der Waals surface area contributed by atoms with Crippen LogP contribution in [0.3, 0.4) is 0 Å². The maximum Gasteiger partial charge on any atom is 0.240 e. The second-order valence-corrected chi connectivity index (χ2v) is 10.2. The van der Waals surface area contributed by atoms with Crippen LogP contribution in [0, 0.1) is 0 Å². The summed E-state index contributed by atoms with van der Waals surface area (Å²) >= 11 is 0. The molecule has 0 spiro atoms. The fraction of sp³-hybridized carbons (Fsp3) is 0.739. The topological polar surface area (TPSA) is 46.2 Å². The van der Waals surface area contributed by atoms with E-state index in [1.165, 1.54) is 63.4 Å². The molecule has 3 nitrogen and oxygen atoms in total. The molecule has 154 valence electrons. The summed E-state index contributed by atoms with van der Waals surface area (Å²) < 4.78 is 28.7. The number of benzene rings is 1.